The molecule has 2 atom stereocenters. The summed E-state index contributed by atoms with van der Waals surface area (Å²) in [6, 6.07) is 0. The molecule has 0 aromatic heterocycles. The van der Waals surface area contributed by atoms with Gasteiger partial charge in [0.2, 0.25) is 10.0 Å². The van der Waals surface area contributed by atoms with Gasteiger partial charge in [-0.05, 0) is 12.3 Å². The van der Waals surface area contributed by atoms with E-state index >= 15 is 0 Å². The molecule has 16 heavy (non-hydrogen) atoms. The van der Waals surface area contributed by atoms with Gasteiger partial charge in [-0.3, -0.25) is 4.79 Å². The Kier molecular flexibility index (Phi) is 4.32. The minimum atomic E-state index is -3.25. The Bertz CT molecular complexity index is 352. The maximum absolute atomic E-state index is 11.8. The molecule has 1 aliphatic rings. The molecule has 0 saturated carbocycles. The third kappa shape index (κ3) is 2.95. The number of sulfonamides is 1. The largest absolute Gasteiger partial charge is 0.481 e. The first kappa shape index (κ1) is 13.4. The van der Waals surface area contributed by atoms with Crippen molar-refractivity contribution in [3.05, 3.63) is 0 Å². The van der Waals surface area contributed by atoms with Gasteiger partial charge in [0.1, 0.15) is 0 Å². The maximum Gasteiger partial charge on any atom is 0.308 e. The number of carboxylic acid groups (broad SMARTS) is 1. The monoisotopic (exact) mass is 249 g/mol. The van der Waals surface area contributed by atoms with Crippen molar-refractivity contribution in [3.8, 4) is 0 Å². The Morgan fingerprint density at radius 3 is 2.50 bits per heavy atom. The number of nitrogens with zero attached hydrogens (tertiary/aromatic N) is 1. The average molecular weight is 249 g/mol. The number of hydrogen-bond acceptors (Lipinski definition) is 3. The smallest absolute Gasteiger partial charge is 0.308 e. The lowest BCUT2D eigenvalue weighted by Gasteiger charge is -2.15. The first-order valence-corrected chi connectivity index (χ1v) is 7.20. The lowest BCUT2D eigenvalue weighted by atomic mass is 9.99. The average Bonchev–Trinajstić information content (AvgIpc) is 2.58. The van der Waals surface area contributed by atoms with Crippen molar-refractivity contribution in [2.75, 3.05) is 18.8 Å². The Balaban J connectivity index is 2.67. The topological polar surface area (TPSA) is 74.7 Å². The van der Waals surface area contributed by atoms with Crippen LogP contribution < -0.4 is 0 Å². The van der Waals surface area contributed by atoms with Crippen molar-refractivity contribution in [1.29, 1.82) is 0 Å². The van der Waals surface area contributed by atoms with Crippen LogP contribution in [0.2, 0.25) is 0 Å². The zero-order valence-electron chi connectivity index (χ0n) is 9.72. The van der Waals surface area contributed by atoms with Gasteiger partial charge in [0.05, 0.1) is 11.7 Å². The molecule has 1 N–H and O–H groups in total. The van der Waals surface area contributed by atoms with Crippen molar-refractivity contribution in [3.63, 3.8) is 0 Å². The maximum atomic E-state index is 11.8. The molecule has 0 amide bonds. The van der Waals surface area contributed by atoms with E-state index in [-0.39, 0.29) is 18.2 Å². The predicted molar refractivity (Wildman–Crippen MR) is 60.6 cm³/mol. The summed E-state index contributed by atoms with van der Waals surface area (Å²) in [5, 5.41) is 8.92. The summed E-state index contributed by atoms with van der Waals surface area (Å²) in [6.07, 6.45) is 1.45. The van der Waals surface area contributed by atoms with Crippen LogP contribution in [0.5, 0.6) is 0 Å². The third-order valence-corrected chi connectivity index (χ3v) is 4.93. The second-order valence-corrected chi connectivity index (χ2v) is 6.50. The van der Waals surface area contributed by atoms with E-state index in [0.29, 0.717) is 13.0 Å². The molecule has 0 spiro atoms. The highest BCUT2D eigenvalue weighted by Gasteiger charge is 2.39. The van der Waals surface area contributed by atoms with Crippen molar-refractivity contribution >= 4 is 16.0 Å². The zero-order chi connectivity index (χ0) is 12.3. The van der Waals surface area contributed by atoms with Crippen molar-refractivity contribution in [1.82, 2.24) is 4.31 Å². The molecule has 1 saturated heterocycles. The molecule has 0 aliphatic carbocycles. The van der Waals surface area contributed by atoms with Gasteiger partial charge in [-0.25, -0.2) is 12.7 Å². The number of carbonyl (C=O) groups is 1. The Morgan fingerprint density at radius 1 is 1.44 bits per heavy atom. The summed E-state index contributed by atoms with van der Waals surface area (Å²) in [4.78, 5) is 10.9. The molecule has 1 fully saturated rings. The van der Waals surface area contributed by atoms with E-state index in [0.717, 1.165) is 6.42 Å². The fourth-order valence-corrected chi connectivity index (χ4v) is 3.69. The van der Waals surface area contributed by atoms with E-state index in [1.54, 1.807) is 6.92 Å². The molecule has 1 rings (SSSR count). The van der Waals surface area contributed by atoms with Crippen LogP contribution in [-0.4, -0.2) is 42.6 Å². The number of unbranched alkanes of at least 4 members (excludes halogenated alkanes) is 1. The molecule has 0 aromatic carbocycles. The second-order valence-electron chi connectivity index (χ2n) is 4.41. The highest BCUT2D eigenvalue weighted by molar-refractivity contribution is 7.89. The van der Waals surface area contributed by atoms with E-state index in [2.05, 4.69) is 0 Å². The lowest BCUT2D eigenvalue weighted by molar-refractivity contribution is -0.142. The van der Waals surface area contributed by atoms with E-state index in [1.165, 1.54) is 4.31 Å². The van der Waals surface area contributed by atoms with Gasteiger partial charge in [-0.15, -0.1) is 0 Å². The van der Waals surface area contributed by atoms with Gasteiger partial charge in [0.25, 0.3) is 0 Å². The number of rotatable bonds is 5. The van der Waals surface area contributed by atoms with Crippen LogP contribution >= 0.6 is 0 Å². The quantitative estimate of drug-likeness (QED) is 0.781. The second kappa shape index (κ2) is 5.14. The van der Waals surface area contributed by atoms with Crippen molar-refractivity contribution < 1.29 is 18.3 Å². The van der Waals surface area contributed by atoms with E-state index in [4.69, 9.17) is 5.11 Å². The van der Waals surface area contributed by atoms with Gasteiger partial charge in [-0.2, -0.15) is 0 Å². The van der Waals surface area contributed by atoms with Crippen LogP contribution in [-0.2, 0) is 14.8 Å². The number of hydrogen-bond donors (Lipinski definition) is 1. The molecule has 94 valence electrons. The Morgan fingerprint density at radius 2 is 2.06 bits per heavy atom. The first-order chi connectivity index (χ1) is 7.38. The lowest BCUT2D eigenvalue weighted by Crippen LogP contribution is -2.32. The molecule has 5 nitrogen and oxygen atoms in total. The van der Waals surface area contributed by atoms with Crippen molar-refractivity contribution in [2.45, 2.75) is 26.7 Å². The van der Waals surface area contributed by atoms with Crippen LogP contribution in [0.15, 0.2) is 0 Å². The SMILES string of the molecule is CCCCS(=O)(=O)N1CC(C)C(C(=O)O)C1. The third-order valence-electron chi connectivity index (χ3n) is 3.05. The van der Waals surface area contributed by atoms with Gasteiger partial charge in [0.15, 0.2) is 0 Å². The Labute approximate surface area is 96.5 Å². The fraction of sp³-hybridized carbons (Fsp3) is 0.900. The minimum absolute atomic E-state index is 0.103. The van der Waals surface area contributed by atoms with Gasteiger partial charge in [0, 0.05) is 13.1 Å². The van der Waals surface area contributed by atoms with E-state index in [9.17, 15) is 13.2 Å². The van der Waals surface area contributed by atoms with Crippen LogP contribution in [0.4, 0.5) is 0 Å². The first-order valence-electron chi connectivity index (χ1n) is 5.59. The molecular formula is C10H19NO4S. The normalized spacial score (nSPS) is 27.1. The van der Waals surface area contributed by atoms with Crippen molar-refractivity contribution in [2.24, 2.45) is 11.8 Å². The molecule has 1 heterocycles. The van der Waals surface area contributed by atoms with E-state index < -0.39 is 21.9 Å². The van der Waals surface area contributed by atoms with Crippen LogP contribution in [0.3, 0.4) is 0 Å². The molecule has 0 bridgehead atoms. The summed E-state index contributed by atoms with van der Waals surface area (Å²) in [5.41, 5.74) is 0. The summed E-state index contributed by atoms with van der Waals surface area (Å²) in [7, 11) is -3.25. The number of aliphatic carboxylic acids is 1. The molecule has 0 aromatic rings. The van der Waals surface area contributed by atoms with Gasteiger partial charge < -0.3 is 5.11 Å². The summed E-state index contributed by atoms with van der Waals surface area (Å²) in [5.74, 6) is -1.44. The van der Waals surface area contributed by atoms with E-state index in [1.807, 2.05) is 6.92 Å². The highest BCUT2D eigenvalue weighted by Crippen LogP contribution is 2.25. The number of carboxylic acids is 1. The zero-order valence-corrected chi connectivity index (χ0v) is 10.5. The van der Waals surface area contributed by atoms with Crippen LogP contribution in [0.25, 0.3) is 0 Å². The molecule has 1 aliphatic heterocycles. The van der Waals surface area contributed by atoms with Crippen LogP contribution in [0, 0.1) is 11.8 Å². The van der Waals surface area contributed by atoms with Gasteiger partial charge in [-0.1, -0.05) is 20.3 Å². The Hall–Kier alpha value is -0.620. The predicted octanol–water partition coefficient (Wildman–Crippen LogP) is 0.769. The molecule has 6 heteroatoms. The highest BCUT2D eigenvalue weighted by atomic mass is 32.2. The minimum Gasteiger partial charge on any atom is -0.481 e. The fourth-order valence-electron chi connectivity index (χ4n) is 1.93. The van der Waals surface area contributed by atoms with Gasteiger partial charge >= 0.3 is 5.97 Å². The molecule has 0 radical (unpaired) electrons. The molecule has 2 unspecified atom stereocenters. The summed E-state index contributed by atoms with van der Waals surface area (Å²) in [6.45, 7) is 4.18. The summed E-state index contributed by atoms with van der Waals surface area (Å²) >= 11 is 0. The standard InChI is InChI=1S/C10H19NO4S/c1-3-4-5-16(14,15)11-6-8(2)9(7-11)10(12)13/h8-9H,3-7H2,1-2H3,(H,12,13). The summed E-state index contributed by atoms with van der Waals surface area (Å²) < 4.78 is 25.0. The van der Waals surface area contributed by atoms with Crippen LogP contribution in [0.1, 0.15) is 26.7 Å². The molecular weight excluding hydrogens is 230 g/mol.